The number of piperidine rings is 1. The molecule has 1 N–H and O–H groups in total. The number of rotatable bonds is 11. The number of carbonyl (C=O) groups excluding carboxylic acids is 1. The fraction of sp³-hybridized carbons (Fsp3) is 0.533. The van der Waals surface area contributed by atoms with Crippen LogP contribution in [0.25, 0.3) is 5.57 Å². The molecule has 2 aliphatic rings. The van der Waals surface area contributed by atoms with Gasteiger partial charge in [0.15, 0.2) is 12.1 Å². The van der Waals surface area contributed by atoms with Crippen LogP contribution in [0.1, 0.15) is 55.5 Å². The maximum Gasteiger partial charge on any atom is 0.186 e. The van der Waals surface area contributed by atoms with Gasteiger partial charge in [0.1, 0.15) is 5.75 Å². The highest BCUT2D eigenvalue weighted by Gasteiger charge is 2.30. The normalized spacial score (nSPS) is 19.1. The van der Waals surface area contributed by atoms with Gasteiger partial charge in [-0.2, -0.15) is 5.10 Å². The maximum absolute atomic E-state index is 12.9. The Morgan fingerprint density at radius 1 is 1.08 bits per heavy atom. The molecule has 1 aromatic carbocycles. The predicted octanol–water partition coefficient (Wildman–Crippen LogP) is 4.10. The zero-order valence-corrected chi connectivity index (χ0v) is 23.3. The van der Waals surface area contributed by atoms with E-state index in [4.69, 9.17) is 4.74 Å². The fourth-order valence-corrected chi connectivity index (χ4v) is 5.21. The van der Waals surface area contributed by atoms with Crippen molar-refractivity contribution in [3.8, 4) is 5.75 Å². The quantitative estimate of drug-likeness (QED) is 0.271. The molecule has 0 radical (unpaired) electrons. The Morgan fingerprint density at radius 3 is 2.42 bits per heavy atom. The second-order valence-electron chi connectivity index (χ2n) is 10.6. The van der Waals surface area contributed by atoms with Gasteiger partial charge in [-0.1, -0.05) is 6.08 Å². The molecule has 1 unspecified atom stereocenters. The van der Waals surface area contributed by atoms with Crippen molar-refractivity contribution in [1.29, 1.82) is 0 Å². The second-order valence-corrected chi connectivity index (χ2v) is 10.6. The zero-order chi connectivity index (χ0) is 27.1. The highest BCUT2D eigenvalue weighted by atomic mass is 16.5. The molecule has 0 saturated carbocycles. The van der Waals surface area contributed by atoms with Crippen molar-refractivity contribution in [3.05, 3.63) is 65.6 Å². The molecule has 206 valence electrons. The summed E-state index contributed by atoms with van der Waals surface area (Å²) in [6.07, 6.45) is 11.5. The van der Waals surface area contributed by atoms with E-state index in [1.807, 2.05) is 65.0 Å². The molecule has 0 amide bonds. The molecule has 3 heterocycles. The number of likely N-dealkylation sites (tertiary alicyclic amines) is 2. The lowest BCUT2D eigenvalue weighted by Gasteiger charge is -2.39. The van der Waals surface area contributed by atoms with Gasteiger partial charge in [-0.3, -0.25) is 14.4 Å². The summed E-state index contributed by atoms with van der Waals surface area (Å²) in [5.41, 5.74) is 3.94. The minimum Gasteiger partial charge on any atom is -0.497 e. The summed E-state index contributed by atoms with van der Waals surface area (Å²) >= 11 is 0. The number of carbonyl (C=O) groups is 1. The molecule has 38 heavy (non-hydrogen) atoms. The SMILES string of the molecule is COc1ccc(C(=O)C2CCN(C(O)N(C)C(C)=CC=C(C)c3cnn(CCN4CCCC4)c3)CC2)cc1. The third-order valence-corrected chi connectivity index (χ3v) is 8.01. The van der Waals surface area contributed by atoms with Crippen molar-refractivity contribution >= 4 is 11.4 Å². The lowest BCUT2D eigenvalue weighted by molar-refractivity contribution is -0.0965. The molecule has 8 heteroatoms. The number of nitrogens with zero attached hydrogens (tertiary/aromatic N) is 5. The van der Waals surface area contributed by atoms with Gasteiger partial charge in [0.05, 0.1) is 19.9 Å². The van der Waals surface area contributed by atoms with E-state index in [0.717, 1.165) is 54.1 Å². The van der Waals surface area contributed by atoms with Crippen molar-refractivity contribution in [3.63, 3.8) is 0 Å². The maximum atomic E-state index is 12.9. The highest BCUT2D eigenvalue weighted by molar-refractivity contribution is 5.98. The number of aromatic nitrogens is 2. The third-order valence-electron chi connectivity index (χ3n) is 8.01. The molecule has 0 bridgehead atoms. The van der Waals surface area contributed by atoms with Crippen molar-refractivity contribution in [2.24, 2.45) is 5.92 Å². The number of ketones is 1. The molecule has 4 rings (SSSR count). The summed E-state index contributed by atoms with van der Waals surface area (Å²) in [5, 5.41) is 15.6. The van der Waals surface area contributed by atoms with Gasteiger partial charge in [0.2, 0.25) is 0 Å². The topological polar surface area (TPSA) is 74.1 Å². The van der Waals surface area contributed by atoms with E-state index in [2.05, 4.69) is 29.2 Å². The van der Waals surface area contributed by atoms with E-state index in [9.17, 15) is 9.90 Å². The average Bonchev–Trinajstić information content (AvgIpc) is 3.66. The van der Waals surface area contributed by atoms with Gasteiger partial charge in [0.25, 0.3) is 0 Å². The van der Waals surface area contributed by atoms with E-state index in [1.165, 1.54) is 25.9 Å². The summed E-state index contributed by atoms with van der Waals surface area (Å²) in [5.74, 6) is 0.904. The molecule has 2 saturated heterocycles. The number of hydrogen-bond acceptors (Lipinski definition) is 7. The second kappa shape index (κ2) is 13.2. The zero-order valence-electron chi connectivity index (χ0n) is 23.3. The molecular weight excluding hydrogens is 478 g/mol. The minimum atomic E-state index is -0.731. The first-order valence-corrected chi connectivity index (χ1v) is 13.8. The first kappa shape index (κ1) is 28.1. The number of Topliss-reactive ketones (excluding diaryl/α,β-unsaturated/α-hetero) is 1. The summed E-state index contributed by atoms with van der Waals surface area (Å²) in [6, 6.07) is 7.32. The Kier molecular flexibility index (Phi) is 9.77. The molecule has 1 atom stereocenters. The summed E-state index contributed by atoms with van der Waals surface area (Å²) in [4.78, 5) is 19.3. The minimum absolute atomic E-state index is 0.0179. The number of ether oxygens (including phenoxy) is 1. The van der Waals surface area contributed by atoms with Crippen LogP contribution in [0.15, 0.2) is 54.5 Å². The highest BCUT2D eigenvalue weighted by Crippen LogP contribution is 2.25. The Morgan fingerprint density at radius 2 is 1.76 bits per heavy atom. The van der Waals surface area contributed by atoms with Crippen LogP contribution in [-0.4, -0.2) is 88.6 Å². The van der Waals surface area contributed by atoms with Crippen LogP contribution >= 0.6 is 0 Å². The van der Waals surface area contributed by atoms with Crippen LogP contribution in [0.2, 0.25) is 0 Å². The van der Waals surface area contributed by atoms with Gasteiger partial charge in [0, 0.05) is 55.6 Å². The van der Waals surface area contributed by atoms with Crippen molar-refractivity contribution in [2.75, 3.05) is 46.9 Å². The Bertz CT molecular complexity index is 1110. The molecule has 2 aromatic rings. The van der Waals surface area contributed by atoms with Gasteiger partial charge in [-0.25, -0.2) is 0 Å². The van der Waals surface area contributed by atoms with Crippen LogP contribution in [0.3, 0.4) is 0 Å². The molecular formula is C30H43N5O3. The number of methoxy groups -OCH3 is 1. The third kappa shape index (κ3) is 7.12. The van der Waals surface area contributed by atoms with E-state index in [0.29, 0.717) is 13.1 Å². The Labute approximate surface area is 227 Å². The molecule has 0 spiro atoms. The van der Waals surface area contributed by atoms with E-state index in [1.54, 1.807) is 7.11 Å². The Hall–Kier alpha value is -2.94. The van der Waals surface area contributed by atoms with Crippen LogP contribution < -0.4 is 4.74 Å². The standard InChI is InChI=1S/C30H43N5O3/c1-23(27-21-31-35(22-27)20-19-33-15-5-6-16-33)7-8-24(2)32(3)30(37)34-17-13-26(14-18-34)29(36)25-9-11-28(38-4)12-10-25/h7-12,21-22,26,30,37H,5-6,13-20H2,1-4H3. The number of allylic oxidation sites excluding steroid dienone is 4. The number of benzene rings is 1. The Balaban J connectivity index is 1.27. The van der Waals surface area contributed by atoms with Crippen molar-refractivity contribution < 1.29 is 14.6 Å². The monoisotopic (exact) mass is 521 g/mol. The van der Waals surface area contributed by atoms with Gasteiger partial charge in [-0.15, -0.1) is 0 Å². The van der Waals surface area contributed by atoms with E-state index in [-0.39, 0.29) is 11.7 Å². The van der Waals surface area contributed by atoms with Gasteiger partial charge >= 0.3 is 0 Å². The van der Waals surface area contributed by atoms with Gasteiger partial charge in [-0.05, 0) is 88.5 Å². The first-order valence-electron chi connectivity index (χ1n) is 13.8. The summed E-state index contributed by atoms with van der Waals surface area (Å²) in [7, 11) is 3.53. The summed E-state index contributed by atoms with van der Waals surface area (Å²) in [6.45, 7) is 9.83. The van der Waals surface area contributed by atoms with Crippen molar-refractivity contribution in [1.82, 2.24) is 24.5 Å². The fourth-order valence-electron chi connectivity index (χ4n) is 5.21. The van der Waals surface area contributed by atoms with Crippen LogP contribution in [-0.2, 0) is 6.54 Å². The average molecular weight is 522 g/mol. The number of hydrogen-bond donors (Lipinski definition) is 1. The van der Waals surface area contributed by atoms with Crippen molar-refractivity contribution in [2.45, 2.75) is 52.4 Å². The number of aliphatic hydroxyl groups excluding tert-OH is 1. The van der Waals surface area contributed by atoms with E-state index < -0.39 is 6.35 Å². The van der Waals surface area contributed by atoms with Crippen LogP contribution in [0.5, 0.6) is 5.75 Å². The van der Waals surface area contributed by atoms with Gasteiger partial charge < -0.3 is 19.6 Å². The molecule has 8 nitrogen and oxygen atoms in total. The first-order chi connectivity index (χ1) is 18.4. The molecule has 2 fully saturated rings. The molecule has 0 aliphatic carbocycles. The number of aliphatic hydroxyl groups is 1. The van der Waals surface area contributed by atoms with E-state index >= 15 is 0 Å². The van der Waals surface area contributed by atoms with Crippen LogP contribution in [0.4, 0.5) is 0 Å². The predicted molar refractivity (Wildman–Crippen MR) is 151 cm³/mol. The molecule has 2 aliphatic heterocycles. The lowest BCUT2D eigenvalue weighted by Crippen LogP contribution is -2.49. The largest absolute Gasteiger partial charge is 0.497 e. The lowest BCUT2D eigenvalue weighted by atomic mass is 9.89. The summed E-state index contributed by atoms with van der Waals surface area (Å²) < 4.78 is 7.22. The smallest absolute Gasteiger partial charge is 0.186 e. The van der Waals surface area contributed by atoms with Crippen LogP contribution in [0, 0.1) is 5.92 Å². The molecule has 1 aromatic heterocycles.